The van der Waals surface area contributed by atoms with Crippen LogP contribution < -0.4 is 10.5 Å². The lowest BCUT2D eigenvalue weighted by molar-refractivity contribution is 0.563. The molecule has 2 rings (SSSR count). The van der Waals surface area contributed by atoms with Gasteiger partial charge in [0, 0.05) is 18.2 Å². The van der Waals surface area contributed by atoms with Gasteiger partial charge in [-0.05, 0) is 29.9 Å². The number of thiocarbonyl (C=S) groups is 1. The first-order valence-electron chi connectivity index (χ1n) is 5.95. The third kappa shape index (κ3) is 4.17. The molecule has 3 N–H and O–H groups in total. The fourth-order valence-electron chi connectivity index (χ4n) is 1.90. The quantitative estimate of drug-likeness (QED) is 0.801. The van der Waals surface area contributed by atoms with Crippen molar-refractivity contribution in [2.45, 2.75) is 23.8 Å². The number of hydrogen-bond donors (Lipinski definition) is 2. The highest BCUT2D eigenvalue weighted by Crippen LogP contribution is 2.19. The average molecular weight is 316 g/mol. The van der Waals surface area contributed by atoms with E-state index in [2.05, 4.69) is 4.72 Å². The number of nitrogens with one attached hydrogen (secondary N) is 1. The molecule has 4 nitrogen and oxygen atoms in total. The Kier molecular flexibility index (Phi) is 4.83. The van der Waals surface area contributed by atoms with Gasteiger partial charge in [0.25, 0.3) is 0 Å². The molecule has 0 saturated carbocycles. The van der Waals surface area contributed by atoms with Gasteiger partial charge in [-0.1, -0.05) is 24.4 Å². The maximum atomic E-state index is 12.2. The smallest absolute Gasteiger partial charge is 0.240 e. The van der Waals surface area contributed by atoms with Crippen LogP contribution in [0.3, 0.4) is 0 Å². The predicted molar refractivity (Wildman–Crippen MR) is 83.0 cm³/mol. The van der Waals surface area contributed by atoms with Crippen LogP contribution in [0.2, 0.25) is 0 Å². The summed E-state index contributed by atoms with van der Waals surface area (Å²) >= 11 is 6.60. The Morgan fingerprint density at radius 3 is 2.63 bits per heavy atom. The van der Waals surface area contributed by atoms with Crippen LogP contribution in [0.25, 0.3) is 0 Å². The summed E-state index contributed by atoms with van der Waals surface area (Å²) in [6, 6.07) is 6.73. The van der Waals surface area contributed by atoms with Gasteiger partial charge < -0.3 is 5.73 Å². The van der Waals surface area contributed by atoms with Gasteiger partial charge in [-0.15, -0.1) is 0 Å². The number of rotatable bonds is 5. The molecule has 0 spiro atoms. The minimum absolute atomic E-state index is 0.0475. The van der Waals surface area contributed by atoms with E-state index in [1.807, 2.05) is 0 Å². The summed E-state index contributed by atoms with van der Waals surface area (Å²) in [6.45, 7) is 0. The van der Waals surface area contributed by atoms with Crippen LogP contribution in [0.4, 0.5) is 0 Å². The summed E-state index contributed by atoms with van der Waals surface area (Å²) in [4.78, 5) is 0.688. The van der Waals surface area contributed by atoms with Crippen LogP contribution >= 0.6 is 24.0 Å². The van der Waals surface area contributed by atoms with E-state index >= 15 is 0 Å². The van der Waals surface area contributed by atoms with Crippen molar-refractivity contribution in [3.05, 3.63) is 29.8 Å². The molecule has 0 amide bonds. The molecule has 1 fully saturated rings. The molecular weight excluding hydrogens is 300 g/mol. The van der Waals surface area contributed by atoms with E-state index in [1.165, 1.54) is 0 Å². The van der Waals surface area contributed by atoms with Crippen LogP contribution in [-0.2, 0) is 16.4 Å². The summed E-state index contributed by atoms with van der Waals surface area (Å²) < 4.78 is 27.0. The van der Waals surface area contributed by atoms with Crippen molar-refractivity contribution < 1.29 is 8.42 Å². The summed E-state index contributed by atoms with van der Waals surface area (Å²) in [5.41, 5.74) is 6.38. The molecule has 1 atom stereocenters. The largest absolute Gasteiger partial charge is 0.393 e. The van der Waals surface area contributed by atoms with E-state index in [9.17, 15) is 8.42 Å². The molecule has 104 valence electrons. The third-order valence-electron chi connectivity index (χ3n) is 2.86. The molecule has 1 aromatic carbocycles. The lowest BCUT2D eigenvalue weighted by Gasteiger charge is -2.12. The van der Waals surface area contributed by atoms with Gasteiger partial charge in [-0.2, -0.15) is 11.8 Å². The van der Waals surface area contributed by atoms with Gasteiger partial charge in [0.05, 0.1) is 9.88 Å². The first-order chi connectivity index (χ1) is 8.97. The van der Waals surface area contributed by atoms with E-state index in [4.69, 9.17) is 18.0 Å². The van der Waals surface area contributed by atoms with Crippen molar-refractivity contribution in [3.63, 3.8) is 0 Å². The molecule has 1 unspecified atom stereocenters. The second kappa shape index (κ2) is 6.21. The van der Waals surface area contributed by atoms with Crippen molar-refractivity contribution in [3.8, 4) is 0 Å². The monoisotopic (exact) mass is 316 g/mol. The van der Waals surface area contributed by atoms with Crippen molar-refractivity contribution >= 4 is 39.0 Å². The first-order valence-corrected chi connectivity index (χ1v) is 8.99. The second-order valence-electron chi connectivity index (χ2n) is 4.47. The number of thioether (sulfide) groups is 1. The normalized spacial score (nSPS) is 19.5. The van der Waals surface area contributed by atoms with E-state index in [0.29, 0.717) is 11.4 Å². The van der Waals surface area contributed by atoms with Gasteiger partial charge in [0.2, 0.25) is 10.0 Å². The summed E-state index contributed by atoms with van der Waals surface area (Å²) in [7, 11) is -3.42. The molecule has 7 heteroatoms. The topological polar surface area (TPSA) is 72.2 Å². The molecule has 0 aliphatic carbocycles. The fourth-order valence-corrected chi connectivity index (χ4v) is 4.60. The molecule has 1 heterocycles. The highest BCUT2D eigenvalue weighted by Gasteiger charge is 2.22. The number of hydrogen-bond acceptors (Lipinski definition) is 4. The number of sulfonamides is 1. The van der Waals surface area contributed by atoms with Gasteiger partial charge >= 0.3 is 0 Å². The fraction of sp³-hybridized carbons (Fsp3) is 0.417. The van der Waals surface area contributed by atoms with Crippen LogP contribution in [0.1, 0.15) is 12.0 Å². The Labute approximate surface area is 123 Å². The molecular formula is C12H16N2O2S3. The van der Waals surface area contributed by atoms with Gasteiger partial charge in [0.15, 0.2) is 0 Å². The highest BCUT2D eigenvalue weighted by atomic mass is 32.2. The Hall–Kier alpha value is -0.630. The van der Waals surface area contributed by atoms with Gasteiger partial charge in [-0.3, -0.25) is 0 Å². The summed E-state index contributed by atoms with van der Waals surface area (Å²) in [6.07, 6.45) is 1.38. The molecule has 0 bridgehead atoms. The minimum Gasteiger partial charge on any atom is -0.393 e. The summed E-state index contributed by atoms with van der Waals surface area (Å²) in [5.74, 6) is 1.86. The molecule has 19 heavy (non-hydrogen) atoms. The van der Waals surface area contributed by atoms with Crippen molar-refractivity contribution in [1.82, 2.24) is 4.72 Å². The Morgan fingerprint density at radius 1 is 1.42 bits per heavy atom. The van der Waals surface area contributed by atoms with E-state index in [-0.39, 0.29) is 10.9 Å². The molecule has 0 radical (unpaired) electrons. The van der Waals surface area contributed by atoms with Crippen molar-refractivity contribution in [2.75, 3.05) is 11.5 Å². The lowest BCUT2D eigenvalue weighted by Crippen LogP contribution is -2.34. The average Bonchev–Trinajstić information content (AvgIpc) is 2.81. The minimum atomic E-state index is -3.42. The zero-order chi connectivity index (χ0) is 13.9. The zero-order valence-electron chi connectivity index (χ0n) is 10.3. The van der Waals surface area contributed by atoms with E-state index in [0.717, 1.165) is 23.5 Å². The van der Waals surface area contributed by atoms with E-state index in [1.54, 1.807) is 36.0 Å². The highest BCUT2D eigenvalue weighted by molar-refractivity contribution is 7.99. The number of benzene rings is 1. The maximum Gasteiger partial charge on any atom is 0.240 e. The molecule has 1 aliphatic heterocycles. The predicted octanol–water partition coefficient (Wildman–Crippen LogP) is 1.30. The maximum absolute atomic E-state index is 12.2. The standard InChI is InChI=1S/C12H16N2O2S3/c13-12(17)7-9-1-3-11(4-2-9)19(15,16)14-10-5-6-18-8-10/h1-4,10,14H,5-8H2,(H2,13,17). The van der Waals surface area contributed by atoms with Crippen LogP contribution in [0.5, 0.6) is 0 Å². The van der Waals surface area contributed by atoms with Crippen LogP contribution in [0, 0.1) is 0 Å². The van der Waals surface area contributed by atoms with Crippen LogP contribution in [-0.4, -0.2) is 31.0 Å². The first kappa shape index (κ1) is 14.8. The summed E-state index contributed by atoms with van der Waals surface area (Å²) in [5, 5.41) is 0. The molecule has 1 aromatic rings. The second-order valence-corrected chi connectivity index (χ2v) is 7.86. The number of nitrogens with two attached hydrogens (primary N) is 1. The zero-order valence-corrected chi connectivity index (χ0v) is 12.8. The SMILES string of the molecule is NC(=S)Cc1ccc(S(=O)(=O)NC2CCSC2)cc1. The van der Waals surface area contributed by atoms with Crippen LogP contribution in [0.15, 0.2) is 29.2 Å². The van der Waals surface area contributed by atoms with Gasteiger partial charge in [0.1, 0.15) is 0 Å². The van der Waals surface area contributed by atoms with E-state index < -0.39 is 10.0 Å². The molecule has 1 saturated heterocycles. The Morgan fingerprint density at radius 2 is 2.11 bits per heavy atom. The Bertz CT molecular complexity index is 549. The Balaban J connectivity index is 2.09. The molecule has 0 aromatic heterocycles. The third-order valence-corrected chi connectivity index (χ3v) is 5.71. The van der Waals surface area contributed by atoms with Crippen molar-refractivity contribution in [1.29, 1.82) is 0 Å². The van der Waals surface area contributed by atoms with Crippen molar-refractivity contribution in [2.24, 2.45) is 5.73 Å². The lowest BCUT2D eigenvalue weighted by atomic mass is 10.1. The van der Waals surface area contributed by atoms with Gasteiger partial charge in [-0.25, -0.2) is 13.1 Å². The molecule has 1 aliphatic rings.